The Hall–Kier alpha value is -2.70. The standard InChI is InChI=1S/C26H30N2O3S/c1-18(24-12-6-8-20-7-3-4-11-25(20)24)27-23-10-5-9-22(17-23)19-13-15-21(16-14-19)26(29)28-32(2,30)31/h3-4,6-8,11-16,18,22-23,27H,5,9-10,17H2,1-2H3,(H,28,29)/t18-,22?,23?/m1/s1. The summed E-state index contributed by atoms with van der Waals surface area (Å²) in [4.78, 5) is 12.0. The van der Waals surface area contributed by atoms with E-state index >= 15 is 0 Å². The predicted octanol–water partition coefficient (Wildman–Crippen LogP) is 4.91. The van der Waals surface area contributed by atoms with Crippen molar-refractivity contribution in [2.75, 3.05) is 6.26 Å². The number of nitrogens with one attached hydrogen (secondary N) is 2. The molecule has 0 saturated heterocycles. The van der Waals surface area contributed by atoms with Gasteiger partial charge in [0.2, 0.25) is 10.0 Å². The molecule has 0 spiro atoms. The molecule has 2 N–H and O–H groups in total. The van der Waals surface area contributed by atoms with Crippen molar-refractivity contribution in [1.29, 1.82) is 0 Å². The Labute approximate surface area is 190 Å². The lowest BCUT2D eigenvalue weighted by Crippen LogP contribution is -2.35. The second kappa shape index (κ2) is 9.43. The summed E-state index contributed by atoms with van der Waals surface area (Å²) in [7, 11) is -3.57. The summed E-state index contributed by atoms with van der Waals surface area (Å²) in [6.07, 6.45) is 5.45. The zero-order chi connectivity index (χ0) is 22.7. The van der Waals surface area contributed by atoms with E-state index in [9.17, 15) is 13.2 Å². The van der Waals surface area contributed by atoms with Crippen LogP contribution < -0.4 is 10.0 Å². The molecule has 32 heavy (non-hydrogen) atoms. The molecule has 3 aromatic rings. The third-order valence-electron chi connectivity index (χ3n) is 6.37. The van der Waals surface area contributed by atoms with Crippen LogP contribution in [-0.2, 0) is 10.0 Å². The average molecular weight is 451 g/mol. The molecule has 4 rings (SSSR count). The molecular formula is C26H30N2O3S. The van der Waals surface area contributed by atoms with Crippen LogP contribution in [0.1, 0.15) is 66.1 Å². The lowest BCUT2D eigenvalue weighted by molar-refractivity contribution is 0.0981. The molecule has 6 heteroatoms. The Bertz CT molecular complexity index is 1200. The monoisotopic (exact) mass is 450 g/mol. The SMILES string of the molecule is C[C@@H](NC1CCCC(c2ccc(C(=O)NS(C)(=O)=O)cc2)C1)c1cccc2ccccc12. The number of amides is 1. The van der Waals surface area contributed by atoms with E-state index in [4.69, 9.17) is 0 Å². The maximum absolute atomic E-state index is 12.0. The van der Waals surface area contributed by atoms with Gasteiger partial charge < -0.3 is 5.32 Å². The first-order valence-corrected chi connectivity index (χ1v) is 13.0. The van der Waals surface area contributed by atoms with Gasteiger partial charge in [-0.15, -0.1) is 0 Å². The summed E-state index contributed by atoms with van der Waals surface area (Å²) in [5.74, 6) is -0.167. The number of hydrogen-bond donors (Lipinski definition) is 2. The van der Waals surface area contributed by atoms with Crippen molar-refractivity contribution in [2.45, 2.75) is 50.6 Å². The zero-order valence-corrected chi connectivity index (χ0v) is 19.4. The van der Waals surface area contributed by atoms with Gasteiger partial charge in [-0.2, -0.15) is 0 Å². The van der Waals surface area contributed by atoms with E-state index in [0.29, 0.717) is 17.5 Å². The van der Waals surface area contributed by atoms with Gasteiger partial charge in [0.15, 0.2) is 0 Å². The van der Waals surface area contributed by atoms with E-state index in [0.717, 1.165) is 31.9 Å². The highest BCUT2D eigenvalue weighted by Crippen LogP contribution is 2.34. The van der Waals surface area contributed by atoms with E-state index in [1.54, 1.807) is 12.1 Å². The first-order valence-electron chi connectivity index (χ1n) is 11.2. The van der Waals surface area contributed by atoms with E-state index in [-0.39, 0.29) is 6.04 Å². The van der Waals surface area contributed by atoms with Crippen molar-refractivity contribution < 1.29 is 13.2 Å². The third kappa shape index (κ3) is 5.37. The Kier molecular flexibility index (Phi) is 6.63. The maximum atomic E-state index is 12.0. The van der Waals surface area contributed by atoms with Crippen molar-refractivity contribution in [2.24, 2.45) is 0 Å². The van der Waals surface area contributed by atoms with Crippen LogP contribution in [0.5, 0.6) is 0 Å². The molecule has 1 aliphatic rings. The predicted molar refractivity (Wildman–Crippen MR) is 129 cm³/mol. The molecule has 0 aromatic heterocycles. The molecule has 0 bridgehead atoms. The fraction of sp³-hybridized carbons (Fsp3) is 0.346. The number of rotatable bonds is 6. The lowest BCUT2D eigenvalue weighted by atomic mass is 9.80. The average Bonchev–Trinajstić information content (AvgIpc) is 2.78. The first-order chi connectivity index (χ1) is 15.3. The minimum Gasteiger partial charge on any atom is -0.307 e. The Morgan fingerprint density at radius 1 is 0.969 bits per heavy atom. The van der Waals surface area contributed by atoms with Gasteiger partial charge >= 0.3 is 0 Å². The molecule has 2 unspecified atom stereocenters. The van der Waals surface area contributed by atoms with Crippen molar-refractivity contribution in [1.82, 2.24) is 10.0 Å². The number of carbonyl (C=O) groups is 1. The van der Waals surface area contributed by atoms with Crippen molar-refractivity contribution in [3.05, 3.63) is 83.4 Å². The summed E-state index contributed by atoms with van der Waals surface area (Å²) in [5.41, 5.74) is 2.88. The van der Waals surface area contributed by atoms with E-state index < -0.39 is 15.9 Å². The lowest BCUT2D eigenvalue weighted by Gasteiger charge is -2.32. The third-order valence-corrected chi connectivity index (χ3v) is 6.93. The van der Waals surface area contributed by atoms with Crippen LogP contribution in [0.15, 0.2) is 66.7 Å². The van der Waals surface area contributed by atoms with E-state index in [2.05, 4.69) is 54.7 Å². The van der Waals surface area contributed by atoms with E-state index in [1.807, 2.05) is 16.9 Å². The molecule has 0 radical (unpaired) electrons. The Balaban J connectivity index is 1.42. The number of hydrogen-bond acceptors (Lipinski definition) is 4. The van der Waals surface area contributed by atoms with Crippen LogP contribution >= 0.6 is 0 Å². The van der Waals surface area contributed by atoms with Gasteiger partial charge in [0.25, 0.3) is 5.91 Å². The van der Waals surface area contributed by atoms with Crippen LogP contribution in [0.3, 0.4) is 0 Å². The van der Waals surface area contributed by atoms with Crippen LogP contribution in [0.25, 0.3) is 10.8 Å². The number of sulfonamides is 1. The quantitative estimate of drug-likeness (QED) is 0.560. The normalized spacial score (nSPS) is 20.1. The summed E-state index contributed by atoms with van der Waals surface area (Å²) in [5, 5.41) is 6.41. The molecule has 1 amide bonds. The zero-order valence-electron chi connectivity index (χ0n) is 18.5. The summed E-state index contributed by atoms with van der Waals surface area (Å²) in [6.45, 7) is 2.24. The number of benzene rings is 3. The van der Waals surface area contributed by atoms with Gasteiger partial charge in [-0.05, 0) is 66.1 Å². The highest BCUT2D eigenvalue weighted by molar-refractivity contribution is 7.89. The molecule has 0 aliphatic heterocycles. The molecular weight excluding hydrogens is 420 g/mol. The second-order valence-electron chi connectivity index (χ2n) is 8.84. The fourth-order valence-corrected chi connectivity index (χ4v) is 5.30. The minimum atomic E-state index is -3.57. The number of fused-ring (bicyclic) bond motifs is 1. The maximum Gasteiger partial charge on any atom is 0.264 e. The Morgan fingerprint density at radius 2 is 1.69 bits per heavy atom. The smallest absolute Gasteiger partial charge is 0.264 e. The fourth-order valence-electron chi connectivity index (χ4n) is 4.85. The van der Waals surface area contributed by atoms with Gasteiger partial charge in [-0.3, -0.25) is 4.79 Å². The van der Waals surface area contributed by atoms with Crippen LogP contribution in [0.4, 0.5) is 0 Å². The van der Waals surface area contributed by atoms with Gasteiger partial charge in [-0.25, -0.2) is 13.1 Å². The van der Waals surface area contributed by atoms with Crippen molar-refractivity contribution >= 4 is 26.7 Å². The van der Waals surface area contributed by atoms with Crippen LogP contribution in [0.2, 0.25) is 0 Å². The minimum absolute atomic E-state index is 0.256. The van der Waals surface area contributed by atoms with Gasteiger partial charge in [-0.1, -0.05) is 61.0 Å². The number of carbonyl (C=O) groups excluding carboxylic acids is 1. The van der Waals surface area contributed by atoms with Gasteiger partial charge in [0, 0.05) is 17.6 Å². The first kappa shape index (κ1) is 22.5. The molecule has 3 aromatic carbocycles. The van der Waals surface area contributed by atoms with E-state index in [1.165, 1.54) is 21.9 Å². The largest absolute Gasteiger partial charge is 0.307 e. The highest BCUT2D eigenvalue weighted by atomic mass is 32.2. The summed E-state index contributed by atoms with van der Waals surface area (Å²) in [6, 6.07) is 23.0. The highest BCUT2D eigenvalue weighted by Gasteiger charge is 2.25. The summed E-state index contributed by atoms with van der Waals surface area (Å²) >= 11 is 0. The molecule has 1 saturated carbocycles. The molecule has 1 fully saturated rings. The topological polar surface area (TPSA) is 75.3 Å². The van der Waals surface area contributed by atoms with Crippen LogP contribution in [0, 0.1) is 0 Å². The Morgan fingerprint density at radius 3 is 2.44 bits per heavy atom. The molecule has 1 aliphatic carbocycles. The van der Waals surface area contributed by atoms with Crippen molar-refractivity contribution in [3.8, 4) is 0 Å². The molecule has 3 atom stereocenters. The molecule has 0 heterocycles. The van der Waals surface area contributed by atoms with Gasteiger partial charge in [0.1, 0.15) is 0 Å². The molecule has 5 nitrogen and oxygen atoms in total. The second-order valence-corrected chi connectivity index (χ2v) is 10.6. The van der Waals surface area contributed by atoms with Crippen LogP contribution in [-0.4, -0.2) is 26.6 Å². The summed E-state index contributed by atoms with van der Waals surface area (Å²) < 4.78 is 24.6. The van der Waals surface area contributed by atoms with Crippen molar-refractivity contribution in [3.63, 3.8) is 0 Å². The van der Waals surface area contributed by atoms with Gasteiger partial charge in [0.05, 0.1) is 6.26 Å². The molecule has 168 valence electrons.